The van der Waals surface area contributed by atoms with Crippen LogP contribution in [0, 0.1) is 0 Å². The number of aromatic nitrogens is 2. The number of nitrogens with zero attached hydrogens (tertiary/aromatic N) is 4. The number of likely N-dealkylation sites (N-methyl/N-ethyl adjacent to an activating group) is 1. The molecule has 0 aliphatic heterocycles. The maximum absolute atomic E-state index is 12.9. The molecule has 1 aromatic heterocycles. The second-order valence-electron chi connectivity index (χ2n) is 7.99. The molecule has 1 N–H and O–H groups in total. The summed E-state index contributed by atoms with van der Waals surface area (Å²) in [6.07, 6.45) is 2.92. The quantitative estimate of drug-likeness (QED) is 0.420. The van der Waals surface area contributed by atoms with Crippen LogP contribution in [0.15, 0.2) is 60.2 Å². The third-order valence-electron chi connectivity index (χ3n) is 4.97. The number of benzene rings is 2. The van der Waals surface area contributed by atoms with Crippen LogP contribution in [-0.2, 0) is 11.3 Å². The van der Waals surface area contributed by atoms with E-state index in [-0.39, 0.29) is 5.91 Å². The molecule has 1 heterocycles. The third-order valence-corrected chi connectivity index (χ3v) is 4.97. The van der Waals surface area contributed by atoms with Gasteiger partial charge < -0.3 is 15.1 Å². The third kappa shape index (κ3) is 6.36. The van der Waals surface area contributed by atoms with E-state index < -0.39 is 0 Å². The monoisotopic (exact) mass is 417 g/mol. The zero-order valence-corrected chi connectivity index (χ0v) is 18.8. The van der Waals surface area contributed by atoms with Crippen LogP contribution in [0.5, 0.6) is 0 Å². The summed E-state index contributed by atoms with van der Waals surface area (Å²) in [4.78, 5) is 26.1. The van der Waals surface area contributed by atoms with Crippen molar-refractivity contribution in [3.63, 3.8) is 0 Å². The van der Waals surface area contributed by atoms with Crippen LogP contribution in [0.25, 0.3) is 17.0 Å². The molecule has 162 valence electrons. The van der Waals surface area contributed by atoms with E-state index in [2.05, 4.69) is 29.3 Å². The van der Waals surface area contributed by atoms with E-state index in [1.54, 1.807) is 11.9 Å². The lowest BCUT2D eigenvalue weighted by molar-refractivity contribution is -0.126. The first-order valence-corrected chi connectivity index (χ1v) is 10.6. The first kappa shape index (κ1) is 22.4. The second-order valence-corrected chi connectivity index (χ2v) is 7.99. The van der Waals surface area contributed by atoms with Crippen molar-refractivity contribution in [3.8, 4) is 0 Å². The summed E-state index contributed by atoms with van der Waals surface area (Å²) in [5, 5.41) is 4.44. The predicted octanol–water partition coefficient (Wildman–Crippen LogP) is 4.06. The summed E-state index contributed by atoms with van der Waals surface area (Å²) in [6, 6.07) is 17.8. The Kier molecular flexibility index (Phi) is 7.73. The van der Waals surface area contributed by atoms with Gasteiger partial charge in [-0.3, -0.25) is 4.79 Å². The molecule has 0 aliphatic rings. The van der Waals surface area contributed by atoms with Crippen LogP contribution in [0.3, 0.4) is 0 Å². The molecule has 0 saturated carbocycles. The number of nitrogens with one attached hydrogen (secondary N) is 1. The Hall–Kier alpha value is -3.25. The lowest BCUT2D eigenvalue weighted by atomic mass is 10.1. The number of hydrogen-bond acceptors (Lipinski definition) is 5. The van der Waals surface area contributed by atoms with Crippen molar-refractivity contribution >= 4 is 28.7 Å². The van der Waals surface area contributed by atoms with E-state index in [0.717, 1.165) is 41.8 Å². The maximum Gasteiger partial charge on any atom is 0.249 e. The fourth-order valence-electron chi connectivity index (χ4n) is 3.38. The fourth-order valence-corrected chi connectivity index (χ4v) is 3.38. The molecule has 0 atom stereocenters. The number of para-hydroxylation sites is 1. The molecule has 6 heteroatoms. The average Bonchev–Trinajstić information content (AvgIpc) is 2.76. The molecule has 6 nitrogen and oxygen atoms in total. The van der Waals surface area contributed by atoms with Crippen molar-refractivity contribution in [1.29, 1.82) is 0 Å². The highest BCUT2D eigenvalue weighted by Gasteiger charge is 2.15. The van der Waals surface area contributed by atoms with Crippen molar-refractivity contribution in [2.24, 2.45) is 0 Å². The van der Waals surface area contributed by atoms with Gasteiger partial charge in [-0.1, -0.05) is 42.5 Å². The highest BCUT2D eigenvalue weighted by atomic mass is 16.2. The van der Waals surface area contributed by atoms with Crippen LogP contribution < -0.4 is 5.32 Å². The van der Waals surface area contributed by atoms with Gasteiger partial charge in [-0.25, -0.2) is 9.97 Å². The van der Waals surface area contributed by atoms with E-state index in [1.165, 1.54) is 0 Å². The number of carbonyl (C=O) groups excluding carboxylic acids is 1. The topological polar surface area (TPSA) is 61.4 Å². The molecular formula is C25H31N5O. The average molecular weight is 418 g/mol. The van der Waals surface area contributed by atoms with Crippen molar-refractivity contribution in [2.75, 3.05) is 39.5 Å². The Morgan fingerprint density at radius 3 is 2.45 bits per heavy atom. The largest absolute Gasteiger partial charge is 0.369 e. The van der Waals surface area contributed by atoms with Crippen LogP contribution in [0.4, 0.5) is 5.82 Å². The molecule has 0 radical (unpaired) electrons. The van der Waals surface area contributed by atoms with Crippen molar-refractivity contribution < 1.29 is 4.79 Å². The molecule has 31 heavy (non-hydrogen) atoms. The highest BCUT2D eigenvalue weighted by molar-refractivity contribution is 5.97. The van der Waals surface area contributed by atoms with Crippen LogP contribution in [-0.4, -0.2) is 59.9 Å². The van der Waals surface area contributed by atoms with Gasteiger partial charge in [0.1, 0.15) is 5.82 Å². The van der Waals surface area contributed by atoms with E-state index in [4.69, 9.17) is 4.98 Å². The molecule has 0 spiro atoms. The number of rotatable bonds is 9. The van der Waals surface area contributed by atoms with Gasteiger partial charge in [-0.05, 0) is 57.8 Å². The highest BCUT2D eigenvalue weighted by Crippen LogP contribution is 2.21. The van der Waals surface area contributed by atoms with E-state index in [1.807, 2.05) is 67.6 Å². The van der Waals surface area contributed by atoms with Crippen LogP contribution in [0.2, 0.25) is 0 Å². The zero-order valence-electron chi connectivity index (χ0n) is 18.8. The van der Waals surface area contributed by atoms with Gasteiger partial charge in [0.2, 0.25) is 5.91 Å². The van der Waals surface area contributed by atoms with Gasteiger partial charge in [0.25, 0.3) is 0 Å². The molecule has 1 amide bonds. The Balaban J connectivity index is 1.75. The maximum atomic E-state index is 12.9. The lowest BCUT2D eigenvalue weighted by Crippen LogP contribution is -2.28. The molecule has 3 rings (SSSR count). The van der Waals surface area contributed by atoms with Crippen LogP contribution >= 0.6 is 0 Å². The summed E-state index contributed by atoms with van der Waals surface area (Å²) in [5.41, 5.74) is 2.56. The van der Waals surface area contributed by atoms with Crippen molar-refractivity contribution in [1.82, 2.24) is 19.8 Å². The minimum atomic E-state index is -0.0406. The number of carbonyl (C=O) groups is 1. The molecule has 3 aromatic rings. The number of fused-ring (bicyclic) bond motifs is 1. The summed E-state index contributed by atoms with van der Waals surface area (Å²) in [7, 11) is 5.92. The van der Waals surface area contributed by atoms with E-state index >= 15 is 0 Å². The molecule has 0 bridgehead atoms. The number of amides is 1. The Bertz CT molecular complexity index is 1050. The normalized spacial score (nSPS) is 11.7. The summed E-state index contributed by atoms with van der Waals surface area (Å²) >= 11 is 0. The van der Waals surface area contributed by atoms with E-state index in [0.29, 0.717) is 17.9 Å². The molecular weight excluding hydrogens is 386 g/mol. The first-order chi connectivity index (χ1) is 14.9. The van der Waals surface area contributed by atoms with Gasteiger partial charge >= 0.3 is 0 Å². The lowest BCUT2D eigenvalue weighted by Gasteiger charge is -2.18. The van der Waals surface area contributed by atoms with Gasteiger partial charge in [0, 0.05) is 24.6 Å². The van der Waals surface area contributed by atoms with Crippen LogP contribution in [0.1, 0.15) is 24.7 Å². The molecule has 2 aromatic carbocycles. The Morgan fingerprint density at radius 2 is 1.71 bits per heavy atom. The summed E-state index contributed by atoms with van der Waals surface area (Å²) < 4.78 is 0. The second kappa shape index (κ2) is 10.7. The SMILES string of the molecule is CC(=Cc1ccccc1)C(=O)N(C)Cc1nc(NCCCN(C)C)c2ccccc2n1. The number of hydrogen-bond donors (Lipinski definition) is 1. The molecule has 0 saturated heterocycles. The predicted molar refractivity (Wildman–Crippen MR) is 128 cm³/mol. The molecule has 0 unspecified atom stereocenters. The van der Waals surface area contributed by atoms with Gasteiger partial charge in [-0.2, -0.15) is 0 Å². The van der Waals surface area contributed by atoms with Gasteiger partial charge in [-0.15, -0.1) is 0 Å². The Morgan fingerprint density at radius 1 is 1.00 bits per heavy atom. The minimum Gasteiger partial charge on any atom is -0.369 e. The standard InChI is InChI=1S/C25H31N5O/c1-19(17-20-11-6-5-7-12-20)25(31)30(4)18-23-27-22-14-9-8-13-21(22)24(28-23)26-15-10-16-29(2)3/h5-9,11-14,17H,10,15-16,18H2,1-4H3,(H,26,27,28). The minimum absolute atomic E-state index is 0.0406. The van der Waals surface area contributed by atoms with E-state index in [9.17, 15) is 4.79 Å². The number of anilines is 1. The van der Waals surface area contributed by atoms with Gasteiger partial charge in [0.15, 0.2) is 5.82 Å². The van der Waals surface area contributed by atoms with Crippen molar-refractivity contribution in [2.45, 2.75) is 19.9 Å². The fraction of sp³-hybridized carbons (Fsp3) is 0.320. The zero-order chi connectivity index (χ0) is 22.2. The summed E-state index contributed by atoms with van der Waals surface area (Å²) in [6.45, 7) is 4.01. The Labute approximate surface area is 184 Å². The molecule has 0 fully saturated rings. The molecule has 0 aliphatic carbocycles. The first-order valence-electron chi connectivity index (χ1n) is 10.6. The van der Waals surface area contributed by atoms with Crippen molar-refractivity contribution in [3.05, 3.63) is 71.6 Å². The smallest absolute Gasteiger partial charge is 0.249 e. The summed E-state index contributed by atoms with van der Waals surface area (Å²) in [5.74, 6) is 1.40. The van der Waals surface area contributed by atoms with Gasteiger partial charge in [0.05, 0.1) is 12.1 Å².